The van der Waals surface area contributed by atoms with Gasteiger partial charge in [-0.25, -0.2) is 4.98 Å². The Labute approximate surface area is 84.1 Å². The van der Waals surface area contributed by atoms with Crippen molar-refractivity contribution in [3.63, 3.8) is 0 Å². The molecule has 0 atom stereocenters. The molecule has 0 aliphatic carbocycles. The van der Waals surface area contributed by atoms with Crippen LogP contribution in [0.1, 0.15) is 19.4 Å². The second-order valence-electron chi connectivity index (χ2n) is 3.17. The zero-order valence-electron chi connectivity index (χ0n) is 8.41. The molecule has 0 spiro atoms. The Balaban J connectivity index is 2.68. The summed E-state index contributed by atoms with van der Waals surface area (Å²) >= 11 is 0. The van der Waals surface area contributed by atoms with E-state index in [1.165, 1.54) is 5.57 Å². The van der Waals surface area contributed by atoms with Crippen molar-refractivity contribution in [2.45, 2.75) is 13.8 Å². The standard InChI is InChI=1S/C11H13N3/c1-9(2)5-7-14-11-10(8-12)4-3-6-13-11/h3-6H,7H2,1-2H3,(H,13,14). The van der Waals surface area contributed by atoms with E-state index in [1.807, 2.05) is 13.8 Å². The topological polar surface area (TPSA) is 48.7 Å². The summed E-state index contributed by atoms with van der Waals surface area (Å²) in [6.45, 7) is 4.77. The first-order valence-corrected chi connectivity index (χ1v) is 4.46. The van der Waals surface area contributed by atoms with E-state index in [0.29, 0.717) is 17.9 Å². The minimum Gasteiger partial charge on any atom is -0.365 e. The lowest BCUT2D eigenvalue weighted by molar-refractivity contribution is 1.19. The maximum atomic E-state index is 8.78. The number of anilines is 1. The van der Waals surface area contributed by atoms with Gasteiger partial charge in [0.05, 0.1) is 5.56 Å². The Kier molecular flexibility index (Phi) is 3.69. The van der Waals surface area contributed by atoms with E-state index in [2.05, 4.69) is 22.4 Å². The van der Waals surface area contributed by atoms with Crippen molar-refractivity contribution in [1.82, 2.24) is 4.98 Å². The van der Waals surface area contributed by atoms with Crippen LogP contribution in [0.4, 0.5) is 5.82 Å². The molecule has 0 bridgehead atoms. The molecular formula is C11H13N3. The highest BCUT2D eigenvalue weighted by molar-refractivity contribution is 5.51. The molecule has 1 aromatic rings. The van der Waals surface area contributed by atoms with Gasteiger partial charge in [-0.15, -0.1) is 0 Å². The number of aromatic nitrogens is 1. The van der Waals surface area contributed by atoms with Gasteiger partial charge in [-0.3, -0.25) is 0 Å². The number of hydrogen-bond donors (Lipinski definition) is 1. The van der Waals surface area contributed by atoms with Gasteiger partial charge < -0.3 is 5.32 Å². The highest BCUT2D eigenvalue weighted by atomic mass is 15.0. The Hall–Kier alpha value is -1.82. The van der Waals surface area contributed by atoms with E-state index in [9.17, 15) is 0 Å². The van der Waals surface area contributed by atoms with Crippen LogP contribution >= 0.6 is 0 Å². The summed E-state index contributed by atoms with van der Waals surface area (Å²) in [6, 6.07) is 5.59. The second-order valence-corrected chi connectivity index (χ2v) is 3.17. The third-order valence-corrected chi connectivity index (χ3v) is 1.71. The van der Waals surface area contributed by atoms with Gasteiger partial charge in [0.25, 0.3) is 0 Å². The Morgan fingerprint density at radius 3 is 3.07 bits per heavy atom. The molecule has 1 heterocycles. The van der Waals surface area contributed by atoms with E-state index >= 15 is 0 Å². The first kappa shape index (κ1) is 10.3. The van der Waals surface area contributed by atoms with Gasteiger partial charge in [-0.1, -0.05) is 11.6 Å². The Morgan fingerprint density at radius 2 is 2.43 bits per heavy atom. The fourth-order valence-corrected chi connectivity index (χ4v) is 0.988. The zero-order chi connectivity index (χ0) is 10.4. The molecule has 3 heteroatoms. The second kappa shape index (κ2) is 5.03. The molecule has 0 aliphatic rings. The first-order chi connectivity index (χ1) is 6.74. The highest BCUT2D eigenvalue weighted by Crippen LogP contribution is 2.08. The first-order valence-electron chi connectivity index (χ1n) is 4.46. The smallest absolute Gasteiger partial charge is 0.144 e. The summed E-state index contributed by atoms with van der Waals surface area (Å²) in [5.41, 5.74) is 1.82. The molecule has 0 aromatic carbocycles. The highest BCUT2D eigenvalue weighted by Gasteiger charge is 1.98. The molecule has 1 aromatic heterocycles. The van der Waals surface area contributed by atoms with Crippen LogP contribution in [0.5, 0.6) is 0 Å². The number of hydrogen-bond acceptors (Lipinski definition) is 3. The third-order valence-electron chi connectivity index (χ3n) is 1.71. The Morgan fingerprint density at radius 1 is 1.64 bits per heavy atom. The summed E-state index contributed by atoms with van der Waals surface area (Å²) < 4.78 is 0. The van der Waals surface area contributed by atoms with Crippen LogP contribution < -0.4 is 5.32 Å². The molecule has 14 heavy (non-hydrogen) atoms. The van der Waals surface area contributed by atoms with Gasteiger partial charge in [0.2, 0.25) is 0 Å². The number of nitriles is 1. The summed E-state index contributed by atoms with van der Waals surface area (Å²) in [6.07, 6.45) is 3.72. The molecule has 0 fully saturated rings. The third kappa shape index (κ3) is 2.91. The molecule has 0 unspecified atom stereocenters. The summed E-state index contributed by atoms with van der Waals surface area (Å²) in [5, 5.41) is 11.9. The molecule has 0 saturated carbocycles. The van der Waals surface area contributed by atoms with Crippen molar-refractivity contribution >= 4 is 5.82 Å². The van der Waals surface area contributed by atoms with Crippen LogP contribution in [0, 0.1) is 11.3 Å². The van der Waals surface area contributed by atoms with Crippen LogP contribution in [0.3, 0.4) is 0 Å². The van der Waals surface area contributed by atoms with Crippen LogP contribution in [-0.2, 0) is 0 Å². The summed E-state index contributed by atoms with van der Waals surface area (Å²) in [4.78, 5) is 4.08. The van der Waals surface area contributed by atoms with Crippen LogP contribution in [0.2, 0.25) is 0 Å². The summed E-state index contributed by atoms with van der Waals surface area (Å²) in [5.74, 6) is 0.646. The maximum absolute atomic E-state index is 8.78. The van der Waals surface area contributed by atoms with E-state index < -0.39 is 0 Å². The van der Waals surface area contributed by atoms with E-state index in [0.717, 1.165) is 0 Å². The molecular weight excluding hydrogens is 174 g/mol. The minimum absolute atomic E-state index is 0.578. The zero-order valence-corrected chi connectivity index (χ0v) is 8.41. The lowest BCUT2D eigenvalue weighted by Crippen LogP contribution is -2.02. The van der Waals surface area contributed by atoms with Crippen molar-refractivity contribution in [3.05, 3.63) is 35.5 Å². The predicted molar refractivity (Wildman–Crippen MR) is 56.9 cm³/mol. The molecule has 0 saturated heterocycles. The molecule has 72 valence electrons. The van der Waals surface area contributed by atoms with Gasteiger partial charge in [-0.2, -0.15) is 5.26 Å². The minimum atomic E-state index is 0.578. The van der Waals surface area contributed by atoms with Gasteiger partial charge in [0, 0.05) is 12.7 Å². The van der Waals surface area contributed by atoms with Gasteiger partial charge in [0.1, 0.15) is 11.9 Å². The van der Waals surface area contributed by atoms with Gasteiger partial charge >= 0.3 is 0 Å². The largest absolute Gasteiger partial charge is 0.365 e. The number of nitrogens with one attached hydrogen (secondary N) is 1. The number of allylic oxidation sites excluding steroid dienone is 1. The maximum Gasteiger partial charge on any atom is 0.144 e. The van der Waals surface area contributed by atoms with Crippen LogP contribution in [0.25, 0.3) is 0 Å². The molecule has 0 radical (unpaired) electrons. The van der Waals surface area contributed by atoms with Crippen molar-refractivity contribution in [1.29, 1.82) is 5.26 Å². The number of pyridine rings is 1. The van der Waals surface area contributed by atoms with Crippen molar-refractivity contribution in [2.75, 3.05) is 11.9 Å². The monoisotopic (exact) mass is 187 g/mol. The Bertz CT molecular complexity index is 370. The SMILES string of the molecule is CC(C)=CCNc1ncccc1C#N. The lowest BCUT2D eigenvalue weighted by Gasteiger charge is -2.03. The average molecular weight is 187 g/mol. The van der Waals surface area contributed by atoms with E-state index in [-0.39, 0.29) is 0 Å². The number of rotatable bonds is 3. The van der Waals surface area contributed by atoms with E-state index in [4.69, 9.17) is 5.26 Å². The van der Waals surface area contributed by atoms with Crippen LogP contribution in [0.15, 0.2) is 30.0 Å². The number of nitrogens with zero attached hydrogens (tertiary/aromatic N) is 2. The van der Waals surface area contributed by atoms with Crippen molar-refractivity contribution < 1.29 is 0 Å². The molecule has 1 rings (SSSR count). The van der Waals surface area contributed by atoms with Gasteiger partial charge in [-0.05, 0) is 26.0 Å². The fraction of sp³-hybridized carbons (Fsp3) is 0.273. The molecule has 1 N–H and O–H groups in total. The van der Waals surface area contributed by atoms with Crippen molar-refractivity contribution in [3.8, 4) is 6.07 Å². The average Bonchev–Trinajstić information content (AvgIpc) is 2.18. The van der Waals surface area contributed by atoms with Crippen molar-refractivity contribution in [2.24, 2.45) is 0 Å². The van der Waals surface area contributed by atoms with Gasteiger partial charge in [0.15, 0.2) is 0 Å². The van der Waals surface area contributed by atoms with E-state index in [1.54, 1.807) is 18.3 Å². The van der Waals surface area contributed by atoms with Crippen LogP contribution in [-0.4, -0.2) is 11.5 Å². The molecule has 3 nitrogen and oxygen atoms in total. The fourth-order valence-electron chi connectivity index (χ4n) is 0.988. The quantitative estimate of drug-likeness (QED) is 0.739. The molecule has 0 amide bonds. The normalized spacial score (nSPS) is 8.93. The predicted octanol–water partition coefficient (Wildman–Crippen LogP) is 2.33. The molecule has 0 aliphatic heterocycles. The summed E-state index contributed by atoms with van der Waals surface area (Å²) in [7, 11) is 0. The lowest BCUT2D eigenvalue weighted by atomic mass is 10.2.